The molecule has 7 heteroatoms. The Morgan fingerprint density at radius 3 is 2.63 bits per heavy atom. The molecule has 0 fully saturated rings. The van der Waals surface area contributed by atoms with E-state index in [9.17, 15) is 14.4 Å². The molecule has 3 aromatic rings. The molecular formula is C20H11Cl2FN2O2. The number of halogens is 3. The molecule has 0 radical (unpaired) electrons. The summed E-state index contributed by atoms with van der Waals surface area (Å²) >= 11 is 12.2. The second-order valence-corrected chi connectivity index (χ2v) is 6.19. The number of carbonyl (C=O) groups is 1. The first kappa shape index (κ1) is 18.7. The molecule has 1 amide bonds. The quantitative estimate of drug-likeness (QED) is 0.435. The van der Waals surface area contributed by atoms with E-state index in [2.05, 4.69) is 5.32 Å². The van der Waals surface area contributed by atoms with Crippen molar-refractivity contribution in [2.45, 2.75) is 0 Å². The highest BCUT2D eigenvalue weighted by Crippen LogP contribution is 2.34. The van der Waals surface area contributed by atoms with E-state index in [-0.39, 0.29) is 17.0 Å². The molecular weight excluding hydrogens is 390 g/mol. The smallest absolute Gasteiger partial charge is 0.266 e. The lowest BCUT2D eigenvalue weighted by atomic mass is 10.2. The van der Waals surface area contributed by atoms with Gasteiger partial charge in [0.1, 0.15) is 29.0 Å². The Morgan fingerprint density at radius 2 is 1.89 bits per heavy atom. The topological polar surface area (TPSA) is 66.0 Å². The fourth-order valence-corrected chi connectivity index (χ4v) is 2.71. The molecule has 0 bridgehead atoms. The van der Waals surface area contributed by atoms with Gasteiger partial charge in [-0.05, 0) is 36.4 Å². The largest absolute Gasteiger partial charge is 0.457 e. The van der Waals surface area contributed by atoms with Crippen LogP contribution in [0.2, 0.25) is 10.0 Å². The lowest BCUT2D eigenvalue weighted by Gasteiger charge is -2.04. The molecule has 1 N–H and O–H groups in total. The Morgan fingerprint density at radius 1 is 1.11 bits per heavy atom. The molecule has 0 spiro atoms. The van der Waals surface area contributed by atoms with Gasteiger partial charge in [0.2, 0.25) is 0 Å². The Labute approximate surface area is 164 Å². The summed E-state index contributed by atoms with van der Waals surface area (Å²) in [7, 11) is 0. The molecule has 0 aliphatic rings. The van der Waals surface area contributed by atoms with E-state index in [1.165, 1.54) is 24.3 Å². The molecule has 0 aliphatic heterocycles. The number of furan rings is 1. The van der Waals surface area contributed by atoms with E-state index in [0.717, 1.165) is 0 Å². The van der Waals surface area contributed by atoms with Gasteiger partial charge in [0.25, 0.3) is 5.91 Å². The summed E-state index contributed by atoms with van der Waals surface area (Å²) in [4.78, 5) is 12.2. The van der Waals surface area contributed by atoms with Gasteiger partial charge >= 0.3 is 0 Å². The third-order valence-electron chi connectivity index (χ3n) is 3.62. The second kappa shape index (κ2) is 8.09. The minimum Gasteiger partial charge on any atom is -0.457 e. The van der Waals surface area contributed by atoms with Gasteiger partial charge < -0.3 is 9.73 Å². The standard InChI is InChI=1S/C20H11Cl2FN2O2/c21-15-5-3-4-14(19(15)22)18-9-8-13(27-18)10-12(11-24)20(26)25-17-7-2-1-6-16(17)23/h1-10H,(H,25,26)/b12-10+. The maximum Gasteiger partial charge on any atom is 0.266 e. The molecule has 27 heavy (non-hydrogen) atoms. The Hall–Kier alpha value is -3.07. The van der Waals surface area contributed by atoms with Crippen LogP contribution in [0.25, 0.3) is 17.4 Å². The number of hydrogen-bond donors (Lipinski definition) is 1. The number of nitrogens with one attached hydrogen (secondary N) is 1. The number of rotatable bonds is 4. The van der Waals surface area contributed by atoms with Crippen molar-refractivity contribution >= 4 is 40.9 Å². The highest BCUT2D eigenvalue weighted by molar-refractivity contribution is 6.43. The maximum absolute atomic E-state index is 13.6. The minimum atomic E-state index is -0.749. The van der Waals surface area contributed by atoms with Gasteiger partial charge in [0.05, 0.1) is 15.7 Å². The fraction of sp³-hybridized carbons (Fsp3) is 0. The van der Waals surface area contributed by atoms with E-state index in [0.29, 0.717) is 21.4 Å². The van der Waals surface area contributed by atoms with Crippen molar-refractivity contribution in [1.82, 2.24) is 0 Å². The number of nitrogens with zero attached hydrogens (tertiary/aromatic N) is 1. The van der Waals surface area contributed by atoms with Gasteiger partial charge in [0, 0.05) is 11.6 Å². The number of nitriles is 1. The van der Waals surface area contributed by atoms with Crippen LogP contribution in [-0.2, 0) is 4.79 Å². The summed E-state index contributed by atoms with van der Waals surface area (Å²) in [5.41, 5.74) is 0.323. The van der Waals surface area contributed by atoms with Crippen molar-refractivity contribution in [2.24, 2.45) is 0 Å². The summed E-state index contributed by atoms with van der Waals surface area (Å²) in [5.74, 6) is -0.651. The van der Waals surface area contributed by atoms with Crippen molar-refractivity contribution in [2.75, 3.05) is 5.32 Å². The average molecular weight is 401 g/mol. The zero-order chi connectivity index (χ0) is 19.4. The monoisotopic (exact) mass is 400 g/mol. The van der Waals surface area contributed by atoms with Crippen LogP contribution in [0.3, 0.4) is 0 Å². The maximum atomic E-state index is 13.6. The predicted molar refractivity (Wildman–Crippen MR) is 103 cm³/mol. The molecule has 134 valence electrons. The van der Waals surface area contributed by atoms with E-state index >= 15 is 0 Å². The molecule has 0 saturated heterocycles. The van der Waals surface area contributed by atoms with E-state index in [4.69, 9.17) is 27.6 Å². The molecule has 4 nitrogen and oxygen atoms in total. The van der Waals surface area contributed by atoms with Crippen LogP contribution in [0.15, 0.2) is 64.6 Å². The summed E-state index contributed by atoms with van der Waals surface area (Å²) in [6.45, 7) is 0. The number of anilines is 1. The van der Waals surface area contributed by atoms with Crippen molar-refractivity contribution in [3.05, 3.63) is 81.8 Å². The molecule has 2 aromatic carbocycles. The Bertz CT molecular complexity index is 1080. The first-order valence-electron chi connectivity index (χ1n) is 7.71. The molecule has 1 aromatic heterocycles. The fourth-order valence-electron chi connectivity index (χ4n) is 2.31. The third-order valence-corrected chi connectivity index (χ3v) is 4.44. The van der Waals surface area contributed by atoms with Crippen LogP contribution in [-0.4, -0.2) is 5.91 Å². The summed E-state index contributed by atoms with van der Waals surface area (Å²) < 4.78 is 19.3. The second-order valence-electron chi connectivity index (χ2n) is 5.41. The Kier molecular flexibility index (Phi) is 5.60. The molecule has 0 saturated carbocycles. The normalized spacial score (nSPS) is 11.1. The van der Waals surface area contributed by atoms with Crippen LogP contribution in [0.5, 0.6) is 0 Å². The highest BCUT2D eigenvalue weighted by atomic mass is 35.5. The number of amides is 1. The highest BCUT2D eigenvalue weighted by Gasteiger charge is 2.14. The molecule has 0 unspecified atom stereocenters. The third kappa shape index (κ3) is 4.20. The minimum absolute atomic E-state index is 0.0190. The summed E-state index contributed by atoms with van der Waals surface area (Å²) in [5, 5.41) is 12.3. The van der Waals surface area contributed by atoms with Crippen LogP contribution < -0.4 is 5.32 Å². The average Bonchev–Trinajstić information content (AvgIpc) is 3.12. The zero-order valence-electron chi connectivity index (χ0n) is 13.7. The van der Waals surface area contributed by atoms with Gasteiger partial charge in [-0.1, -0.05) is 41.4 Å². The van der Waals surface area contributed by atoms with Crippen molar-refractivity contribution < 1.29 is 13.6 Å². The van der Waals surface area contributed by atoms with Gasteiger partial charge in [-0.15, -0.1) is 0 Å². The lowest BCUT2D eigenvalue weighted by Crippen LogP contribution is -2.14. The van der Waals surface area contributed by atoms with Crippen molar-refractivity contribution in [3.63, 3.8) is 0 Å². The van der Waals surface area contributed by atoms with E-state index < -0.39 is 11.7 Å². The molecule has 0 atom stereocenters. The SMILES string of the molecule is N#C/C(=C\c1ccc(-c2cccc(Cl)c2Cl)o1)C(=O)Nc1ccccc1F. The Balaban J connectivity index is 1.86. The molecule has 1 heterocycles. The first-order valence-corrected chi connectivity index (χ1v) is 8.47. The molecule has 3 rings (SSSR count). The number of hydrogen-bond acceptors (Lipinski definition) is 3. The van der Waals surface area contributed by atoms with Crippen LogP contribution >= 0.6 is 23.2 Å². The summed E-state index contributed by atoms with van der Waals surface area (Å²) in [6, 6.07) is 15.8. The van der Waals surface area contributed by atoms with Crippen LogP contribution in [0.4, 0.5) is 10.1 Å². The van der Waals surface area contributed by atoms with E-state index in [1.807, 2.05) is 0 Å². The lowest BCUT2D eigenvalue weighted by molar-refractivity contribution is -0.112. The zero-order valence-corrected chi connectivity index (χ0v) is 15.2. The number of benzene rings is 2. The van der Waals surface area contributed by atoms with Crippen LogP contribution in [0.1, 0.15) is 5.76 Å². The van der Waals surface area contributed by atoms with Crippen molar-refractivity contribution in [1.29, 1.82) is 5.26 Å². The van der Waals surface area contributed by atoms with Gasteiger partial charge in [-0.3, -0.25) is 4.79 Å². The van der Waals surface area contributed by atoms with Crippen molar-refractivity contribution in [3.8, 4) is 17.4 Å². The molecule has 0 aliphatic carbocycles. The first-order chi connectivity index (χ1) is 13.0. The van der Waals surface area contributed by atoms with Gasteiger partial charge in [0.15, 0.2) is 0 Å². The predicted octanol–water partition coefficient (Wildman–Crippen LogP) is 5.94. The van der Waals surface area contributed by atoms with Crippen LogP contribution in [0, 0.1) is 17.1 Å². The van der Waals surface area contributed by atoms with Gasteiger partial charge in [-0.2, -0.15) is 5.26 Å². The number of carbonyl (C=O) groups excluding carboxylic acids is 1. The van der Waals surface area contributed by atoms with Gasteiger partial charge in [-0.25, -0.2) is 4.39 Å². The number of para-hydroxylation sites is 1. The summed E-state index contributed by atoms with van der Waals surface area (Å²) in [6.07, 6.45) is 1.26. The van der Waals surface area contributed by atoms with E-state index in [1.54, 1.807) is 42.5 Å².